The summed E-state index contributed by atoms with van der Waals surface area (Å²) in [5.74, 6) is 2.28. The molecule has 0 aromatic heterocycles. The Morgan fingerprint density at radius 1 is 0.971 bits per heavy atom. The van der Waals surface area contributed by atoms with E-state index in [0.29, 0.717) is 24.2 Å². The van der Waals surface area contributed by atoms with Gasteiger partial charge in [-0.2, -0.15) is 8.78 Å². The molecule has 0 radical (unpaired) electrons. The lowest BCUT2D eigenvalue weighted by molar-refractivity contribution is -0.0498. The van der Waals surface area contributed by atoms with Gasteiger partial charge in [0.05, 0.1) is 11.1 Å². The summed E-state index contributed by atoms with van der Waals surface area (Å²) in [4.78, 5) is 0. The minimum absolute atomic E-state index is 0.0914. The van der Waals surface area contributed by atoms with Crippen LogP contribution >= 0.6 is 0 Å². The van der Waals surface area contributed by atoms with Gasteiger partial charge in [-0.25, -0.2) is 8.78 Å². The van der Waals surface area contributed by atoms with Crippen LogP contribution in [0.4, 0.5) is 28.9 Å². The molecule has 0 heterocycles. The van der Waals surface area contributed by atoms with Gasteiger partial charge in [0.2, 0.25) is 0 Å². The number of halogens is 4. The number of anilines is 2. The summed E-state index contributed by atoms with van der Waals surface area (Å²) in [6.45, 7) is -0.828. The van der Waals surface area contributed by atoms with Gasteiger partial charge < -0.3 is 10.1 Å². The predicted octanol–water partition coefficient (Wildman–Crippen LogP) is 8.00. The highest BCUT2D eigenvalue weighted by Gasteiger charge is 2.28. The molecule has 0 fully saturated rings. The minimum Gasteiger partial charge on any atom is -0.435 e. The second kappa shape index (κ2) is 11.6. The van der Waals surface area contributed by atoms with Crippen LogP contribution in [-0.2, 0) is 11.8 Å². The molecule has 0 saturated carbocycles. The maximum absolute atomic E-state index is 14.3. The van der Waals surface area contributed by atoms with Crippen molar-refractivity contribution in [1.82, 2.24) is 0 Å². The third kappa shape index (κ3) is 6.54. The summed E-state index contributed by atoms with van der Waals surface area (Å²) in [5.41, 5.74) is 2.19. The monoisotopic (exact) mass is 469 g/mol. The quantitative estimate of drug-likeness (QED) is 0.227. The average Bonchev–Trinajstić information content (AvgIpc) is 2.82. The third-order valence-corrected chi connectivity index (χ3v) is 5.81. The number of hydrogen-bond acceptors (Lipinski definition) is 2. The molecule has 3 rings (SSSR count). The molecule has 1 N–H and O–H groups in total. The van der Waals surface area contributed by atoms with Gasteiger partial charge in [0.1, 0.15) is 17.4 Å². The summed E-state index contributed by atoms with van der Waals surface area (Å²) in [6.07, 6.45) is 9.70. The number of nitrogens with one attached hydrogen (secondary N) is 1. The van der Waals surface area contributed by atoms with E-state index in [1.165, 1.54) is 30.3 Å². The summed E-state index contributed by atoms with van der Waals surface area (Å²) < 4.78 is 56.8. The smallest absolute Gasteiger partial charge is 0.387 e. The van der Waals surface area contributed by atoms with Gasteiger partial charge in [-0.05, 0) is 85.3 Å². The Morgan fingerprint density at radius 2 is 1.68 bits per heavy atom. The number of terminal acetylenes is 1. The van der Waals surface area contributed by atoms with Crippen LogP contribution < -0.4 is 10.1 Å². The lowest BCUT2D eigenvalue weighted by atomic mass is 9.73. The summed E-state index contributed by atoms with van der Waals surface area (Å²) in [6, 6.07) is 17.1. The topological polar surface area (TPSA) is 21.3 Å². The Hall–Kier alpha value is -3.46. The Balaban J connectivity index is 1.70. The lowest BCUT2D eigenvalue weighted by Crippen LogP contribution is -2.24. The second-order valence-electron chi connectivity index (χ2n) is 8.18. The van der Waals surface area contributed by atoms with Crippen molar-refractivity contribution in [2.75, 3.05) is 5.32 Å². The highest BCUT2D eigenvalue weighted by molar-refractivity contribution is 5.60. The fourth-order valence-corrected chi connectivity index (χ4v) is 4.13. The van der Waals surface area contributed by atoms with E-state index in [1.54, 1.807) is 36.4 Å². The number of benzene rings is 3. The van der Waals surface area contributed by atoms with Crippen LogP contribution in [0.5, 0.6) is 5.75 Å². The molecular weight excluding hydrogens is 442 g/mol. The van der Waals surface area contributed by atoms with Crippen molar-refractivity contribution in [2.45, 2.75) is 51.1 Å². The van der Waals surface area contributed by atoms with E-state index in [9.17, 15) is 17.6 Å². The molecule has 0 spiro atoms. The van der Waals surface area contributed by atoms with Crippen LogP contribution in [0.25, 0.3) is 0 Å². The van der Waals surface area contributed by atoms with Crippen LogP contribution in [0.2, 0.25) is 0 Å². The van der Waals surface area contributed by atoms with Gasteiger partial charge in [-0.3, -0.25) is 0 Å². The molecule has 1 unspecified atom stereocenters. The molecule has 0 aliphatic heterocycles. The van der Waals surface area contributed by atoms with E-state index in [4.69, 9.17) is 6.42 Å². The van der Waals surface area contributed by atoms with Gasteiger partial charge in [0.25, 0.3) is 0 Å². The first-order chi connectivity index (χ1) is 16.3. The minimum atomic E-state index is -2.88. The van der Waals surface area contributed by atoms with Gasteiger partial charge in [-0.15, -0.1) is 6.42 Å². The maximum atomic E-state index is 14.3. The molecule has 6 heteroatoms. The van der Waals surface area contributed by atoms with Crippen molar-refractivity contribution in [3.05, 3.63) is 89.5 Å². The molecule has 0 amide bonds. The van der Waals surface area contributed by atoms with Crippen LogP contribution in [0.3, 0.4) is 0 Å². The number of rotatable bonds is 11. The molecule has 3 aromatic rings. The number of hydrogen-bond donors (Lipinski definition) is 1. The first-order valence-electron chi connectivity index (χ1n) is 11.2. The van der Waals surface area contributed by atoms with Gasteiger partial charge in [0.15, 0.2) is 0 Å². The molecule has 0 aliphatic rings. The Bertz CT molecular complexity index is 1110. The van der Waals surface area contributed by atoms with Crippen molar-refractivity contribution >= 4 is 11.4 Å². The maximum Gasteiger partial charge on any atom is 0.387 e. The number of ether oxygens (including phenoxy) is 1. The van der Waals surface area contributed by atoms with E-state index in [1.807, 2.05) is 6.92 Å². The fraction of sp³-hybridized carbons (Fsp3) is 0.286. The van der Waals surface area contributed by atoms with Crippen LogP contribution in [-0.4, -0.2) is 6.61 Å². The van der Waals surface area contributed by atoms with Crippen molar-refractivity contribution in [2.24, 2.45) is 0 Å². The van der Waals surface area contributed by atoms with Gasteiger partial charge in [-0.1, -0.05) is 37.5 Å². The van der Waals surface area contributed by atoms with E-state index >= 15 is 0 Å². The van der Waals surface area contributed by atoms with Gasteiger partial charge >= 0.3 is 6.61 Å². The van der Waals surface area contributed by atoms with E-state index in [2.05, 4.69) is 16.0 Å². The zero-order chi connectivity index (χ0) is 24.6. The zero-order valence-electron chi connectivity index (χ0n) is 19.0. The molecule has 34 heavy (non-hydrogen) atoms. The number of alkyl halides is 2. The highest BCUT2D eigenvalue weighted by atomic mass is 19.3. The third-order valence-electron chi connectivity index (χ3n) is 5.81. The molecule has 3 aromatic carbocycles. The average molecular weight is 470 g/mol. The zero-order valence-corrected chi connectivity index (χ0v) is 19.0. The van der Waals surface area contributed by atoms with Crippen LogP contribution in [0.15, 0.2) is 66.7 Å². The fourth-order valence-electron chi connectivity index (χ4n) is 4.13. The molecule has 178 valence electrons. The van der Waals surface area contributed by atoms with Crippen molar-refractivity contribution in [3.8, 4) is 18.1 Å². The lowest BCUT2D eigenvalue weighted by Gasteiger charge is -2.29. The molecular formula is C28H27F4NO. The largest absolute Gasteiger partial charge is 0.435 e. The van der Waals surface area contributed by atoms with Crippen molar-refractivity contribution in [1.29, 1.82) is 0 Å². The first kappa shape index (κ1) is 25.2. The first-order valence-corrected chi connectivity index (χ1v) is 11.2. The van der Waals surface area contributed by atoms with Crippen molar-refractivity contribution in [3.63, 3.8) is 0 Å². The van der Waals surface area contributed by atoms with Crippen LogP contribution in [0, 0.1) is 24.0 Å². The molecule has 0 bridgehead atoms. The van der Waals surface area contributed by atoms with Gasteiger partial charge in [0, 0.05) is 5.69 Å². The summed E-state index contributed by atoms with van der Waals surface area (Å²) in [7, 11) is 0. The van der Waals surface area contributed by atoms with E-state index < -0.39 is 17.8 Å². The Kier molecular flexibility index (Phi) is 8.59. The summed E-state index contributed by atoms with van der Waals surface area (Å²) in [5, 5.41) is 2.98. The van der Waals surface area contributed by atoms with E-state index in [-0.39, 0.29) is 11.6 Å². The summed E-state index contributed by atoms with van der Waals surface area (Å²) >= 11 is 0. The molecule has 1 atom stereocenters. The van der Waals surface area contributed by atoms with E-state index in [0.717, 1.165) is 30.4 Å². The molecule has 0 aliphatic carbocycles. The normalized spacial score (nSPS) is 12.7. The van der Waals surface area contributed by atoms with Crippen LogP contribution in [0.1, 0.15) is 43.7 Å². The standard InChI is InChI=1S/C28H27F4NO/c1-3-17-28(4-2,21-8-14-24(15-9-21)34-27(31)32)18-5-6-20-7-16-25(30)26(19-20)33-23-12-10-22(29)11-13-23/h2,7-16,19,27,33H,3,5-6,17-18H2,1H3. The number of aryl methyl sites for hydroxylation is 1. The van der Waals surface area contributed by atoms with Crippen molar-refractivity contribution < 1.29 is 22.3 Å². The highest BCUT2D eigenvalue weighted by Crippen LogP contribution is 2.35. The molecule has 2 nitrogen and oxygen atoms in total. The second-order valence-corrected chi connectivity index (χ2v) is 8.18. The Labute approximate surface area is 198 Å². The molecule has 0 saturated heterocycles. The predicted molar refractivity (Wildman–Crippen MR) is 128 cm³/mol. The Morgan fingerprint density at radius 3 is 2.29 bits per heavy atom. The SMILES string of the molecule is C#CC(CCC)(CCCc1ccc(F)c(Nc2ccc(F)cc2)c1)c1ccc(OC(F)F)cc1.